The molecule has 0 saturated heterocycles. The maximum atomic E-state index is 13.9. The second-order valence-corrected chi connectivity index (χ2v) is 11.0. The first-order chi connectivity index (χ1) is 17.7. The maximum absolute atomic E-state index is 13.9. The van der Waals surface area contributed by atoms with Gasteiger partial charge in [-0.3, -0.25) is 13.9 Å². The molecule has 0 aliphatic heterocycles. The van der Waals surface area contributed by atoms with Crippen molar-refractivity contribution < 1.29 is 18.0 Å². The first kappa shape index (κ1) is 27.9. The van der Waals surface area contributed by atoms with Gasteiger partial charge < -0.3 is 10.2 Å². The zero-order valence-corrected chi connectivity index (χ0v) is 22.4. The molecular weight excluding hydrogens is 486 g/mol. The zero-order chi connectivity index (χ0) is 26.8. The summed E-state index contributed by atoms with van der Waals surface area (Å²) in [6.45, 7) is 3.64. The van der Waals surface area contributed by atoms with Crippen LogP contribution in [0.15, 0.2) is 91.0 Å². The Morgan fingerprint density at radius 1 is 0.838 bits per heavy atom. The van der Waals surface area contributed by atoms with Crippen molar-refractivity contribution in [2.75, 3.05) is 17.1 Å². The van der Waals surface area contributed by atoms with E-state index < -0.39 is 28.5 Å². The van der Waals surface area contributed by atoms with Gasteiger partial charge in [0.2, 0.25) is 21.8 Å². The molecule has 0 aliphatic rings. The number of carbonyl (C=O) groups excluding carboxylic acids is 2. The highest BCUT2D eigenvalue weighted by Crippen LogP contribution is 2.20. The third-order valence-electron chi connectivity index (χ3n) is 6.19. The third-order valence-corrected chi connectivity index (χ3v) is 7.33. The van der Waals surface area contributed by atoms with Crippen molar-refractivity contribution in [3.8, 4) is 0 Å². The molecule has 37 heavy (non-hydrogen) atoms. The molecule has 0 bridgehead atoms. The number of benzene rings is 3. The van der Waals surface area contributed by atoms with Crippen molar-refractivity contribution in [1.82, 2.24) is 10.2 Å². The summed E-state index contributed by atoms with van der Waals surface area (Å²) in [5.41, 5.74) is 2.14. The monoisotopic (exact) mass is 521 g/mol. The van der Waals surface area contributed by atoms with Gasteiger partial charge in [0.05, 0.1) is 11.9 Å². The van der Waals surface area contributed by atoms with Gasteiger partial charge in [0.25, 0.3) is 0 Å². The first-order valence-corrected chi connectivity index (χ1v) is 14.2. The van der Waals surface area contributed by atoms with Crippen LogP contribution in [0, 0.1) is 0 Å². The number of anilines is 1. The molecule has 196 valence electrons. The Hall–Kier alpha value is -3.65. The molecular formula is C29H35N3O4S. The number of amides is 2. The second kappa shape index (κ2) is 13.1. The molecule has 0 saturated carbocycles. The molecule has 0 aromatic heterocycles. The SMILES string of the molecule is CC[C@@H](C)NC(=O)[C@@H](Cc1ccccc1)N(Cc1ccccc1)C(=O)CN(c1ccccc1)S(C)(=O)=O. The smallest absolute Gasteiger partial charge is 0.244 e. The number of carbonyl (C=O) groups is 2. The second-order valence-electron chi connectivity index (χ2n) is 9.14. The van der Waals surface area contributed by atoms with Crippen LogP contribution in [-0.4, -0.2) is 50.0 Å². The minimum Gasteiger partial charge on any atom is -0.352 e. The molecule has 0 aliphatic carbocycles. The van der Waals surface area contributed by atoms with E-state index in [-0.39, 0.29) is 18.5 Å². The van der Waals surface area contributed by atoms with Crippen LogP contribution in [0.5, 0.6) is 0 Å². The Kier molecular flexibility index (Phi) is 9.85. The topological polar surface area (TPSA) is 86.8 Å². The van der Waals surface area contributed by atoms with Crippen molar-refractivity contribution >= 4 is 27.5 Å². The van der Waals surface area contributed by atoms with E-state index in [1.165, 1.54) is 4.90 Å². The number of sulfonamides is 1. The van der Waals surface area contributed by atoms with Gasteiger partial charge in [-0.25, -0.2) is 8.42 Å². The highest BCUT2D eigenvalue weighted by molar-refractivity contribution is 7.92. The van der Waals surface area contributed by atoms with Gasteiger partial charge in [0, 0.05) is 19.0 Å². The van der Waals surface area contributed by atoms with Gasteiger partial charge in [-0.05, 0) is 36.6 Å². The highest BCUT2D eigenvalue weighted by atomic mass is 32.2. The summed E-state index contributed by atoms with van der Waals surface area (Å²) < 4.78 is 26.5. The van der Waals surface area contributed by atoms with Crippen molar-refractivity contribution in [1.29, 1.82) is 0 Å². The van der Waals surface area contributed by atoms with E-state index in [4.69, 9.17) is 0 Å². The number of nitrogens with zero attached hydrogens (tertiary/aromatic N) is 2. The quantitative estimate of drug-likeness (QED) is 0.390. The lowest BCUT2D eigenvalue weighted by molar-refractivity contribution is -0.140. The Balaban J connectivity index is 2.02. The fraction of sp³-hybridized carbons (Fsp3) is 0.310. The summed E-state index contributed by atoms with van der Waals surface area (Å²) in [6.07, 6.45) is 2.12. The Labute approximate surface area is 220 Å². The molecule has 3 aromatic carbocycles. The molecule has 0 radical (unpaired) electrons. The first-order valence-electron chi connectivity index (χ1n) is 12.4. The van der Waals surface area contributed by atoms with E-state index in [1.807, 2.05) is 74.5 Å². The summed E-state index contributed by atoms with van der Waals surface area (Å²) in [4.78, 5) is 29.0. The average molecular weight is 522 g/mol. The maximum Gasteiger partial charge on any atom is 0.244 e. The molecule has 3 aromatic rings. The fourth-order valence-electron chi connectivity index (χ4n) is 3.98. The van der Waals surface area contributed by atoms with Crippen LogP contribution in [0.25, 0.3) is 0 Å². The minimum absolute atomic E-state index is 0.0729. The molecule has 7 nitrogen and oxygen atoms in total. The predicted molar refractivity (Wildman–Crippen MR) is 147 cm³/mol. The number of hydrogen-bond donors (Lipinski definition) is 1. The van der Waals surface area contributed by atoms with Crippen molar-refractivity contribution in [2.45, 2.75) is 45.3 Å². The van der Waals surface area contributed by atoms with Gasteiger partial charge in [-0.15, -0.1) is 0 Å². The predicted octanol–water partition coefficient (Wildman–Crippen LogP) is 4.01. The van der Waals surface area contributed by atoms with Crippen molar-refractivity contribution in [3.05, 3.63) is 102 Å². The standard InChI is InChI=1S/C29H35N3O4S/c1-4-23(2)30-29(34)27(20-24-14-8-5-9-15-24)31(21-25-16-10-6-11-17-25)28(33)22-32(37(3,35)36)26-18-12-7-13-19-26/h5-19,23,27H,4,20-22H2,1-3H3,(H,30,34)/t23-,27-/m1/s1. The minimum atomic E-state index is -3.76. The van der Waals surface area contributed by atoms with Gasteiger partial charge in [0.15, 0.2) is 0 Å². The van der Waals surface area contributed by atoms with Crippen molar-refractivity contribution in [2.24, 2.45) is 0 Å². The molecule has 3 rings (SSSR count). The molecule has 1 N–H and O–H groups in total. The van der Waals surface area contributed by atoms with Crippen LogP contribution in [-0.2, 0) is 32.6 Å². The summed E-state index contributed by atoms with van der Waals surface area (Å²) >= 11 is 0. The van der Waals surface area contributed by atoms with Gasteiger partial charge >= 0.3 is 0 Å². The van der Waals surface area contributed by atoms with E-state index in [1.54, 1.807) is 30.3 Å². The summed E-state index contributed by atoms with van der Waals surface area (Å²) in [5, 5.41) is 3.02. The summed E-state index contributed by atoms with van der Waals surface area (Å²) in [6, 6.07) is 26.5. The summed E-state index contributed by atoms with van der Waals surface area (Å²) in [5.74, 6) is -0.730. The van der Waals surface area contributed by atoms with E-state index in [9.17, 15) is 18.0 Å². The van der Waals surface area contributed by atoms with Gasteiger partial charge in [-0.2, -0.15) is 0 Å². The van der Waals surface area contributed by atoms with Crippen LogP contribution in [0.4, 0.5) is 5.69 Å². The van der Waals surface area contributed by atoms with E-state index in [2.05, 4.69) is 5.32 Å². The Morgan fingerprint density at radius 2 is 1.35 bits per heavy atom. The zero-order valence-electron chi connectivity index (χ0n) is 21.6. The number of nitrogens with one attached hydrogen (secondary N) is 1. The largest absolute Gasteiger partial charge is 0.352 e. The van der Waals surface area contributed by atoms with Crippen LogP contribution >= 0.6 is 0 Å². The van der Waals surface area contributed by atoms with Gasteiger partial charge in [0.1, 0.15) is 12.6 Å². The lowest BCUT2D eigenvalue weighted by atomic mass is 10.0. The number of para-hydroxylation sites is 1. The lowest BCUT2D eigenvalue weighted by Gasteiger charge is -2.34. The number of hydrogen-bond acceptors (Lipinski definition) is 4. The van der Waals surface area contributed by atoms with Crippen LogP contribution in [0.3, 0.4) is 0 Å². The molecule has 2 amide bonds. The summed E-state index contributed by atoms with van der Waals surface area (Å²) in [7, 11) is -3.76. The normalized spacial score (nSPS) is 12.8. The molecule has 8 heteroatoms. The molecule has 0 fully saturated rings. The fourth-order valence-corrected chi connectivity index (χ4v) is 4.83. The van der Waals surface area contributed by atoms with Crippen LogP contribution in [0.1, 0.15) is 31.4 Å². The van der Waals surface area contributed by atoms with Crippen LogP contribution < -0.4 is 9.62 Å². The third kappa shape index (κ3) is 8.18. The molecule has 0 spiro atoms. The molecule has 0 unspecified atom stereocenters. The lowest BCUT2D eigenvalue weighted by Crippen LogP contribution is -2.54. The van der Waals surface area contributed by atoms with E-state index in [0.717, 1.165) is 28.1 Å². The molecule has 2 atom stereocenters. The number of rotatable bonds is 12. The Bertz CT molecular complexity index is 1250. The van der Waals surface area contributed by atoms with Crippen LogP contribution in [0.2, 0.25) is 0 Å². The van der Waals surface area contributed by atoms with E-state index >= 15 is 0 Å². The highest BCUT2D eigenvalue weighted by Gasteiger charge is 2.33. The average Bonchev–Trinajstić information content (AvgIpc) is 2.90. The Morgan fingerprint density at radius 3 is 1.86 bits per heavy atom. The van der Waals surface area contributed by atoms with Gasteiger partial charge in [-0.1, -0.05) is 85.8 Å². The van der Waals surface area contributed by atoms with Crippen molar-refractivity contribution in [3.63, 3.8) is 0 Å². The molecule has 0 heterocycles. The van der Waals surface area contributed by atoms with E-state index in [0.29, 0.717) is 12.1 Å².